The van der Waals surface area contributed by atoms with E-state index in [9.17, 15) is 22.8 Å². The Balaban J connectivity index is 1.20. The first-order valence-corrected chi connectivity index (χ1v) is 23.6. The van der Waals surface area contributed by atoms with Gasteiger partial charge in [-0.15, -0.1) is 6.42 Å². The highest BCUT2D eigenvalue weighted by molar-refractivity contribution is 8.13. The molecule has 2 bridgehead atoms. The molecule has 2 aromatic heterocycles. The molecule has 5 aromatic rings. The number of benzene rings is 3. The van der Waals surface area contributed by atoms with E-state index in [4.69, 9.17) is 36.3 Å². The van der Waals surface area contributed by atoms with Gasteiger partial charge in [0.2, 0.25) is 5.91 Å². The predicted molar refractivity (Wildman–Crippen MR) is 244 cm³/mol. The lowest BCUT2D eigenvalue weighted by atomic mass is 9.87. The number of ether oxygens (including phenoxy) is 3. The van der Waals surface area contributed by atoms with E-state index < -0.39 is 62.0 Å². The molecule has 3 unspecified atom stereocenters. The minimum absolute atomic E-state index is 0.0595. The number of likely N-dealkylation sites (tertiary alicyclic amines) is 1. The van der Waals surface area contributed by atoms with E-state index in [2.05, 4.69) is 21.2 Å². The van der Waals surface area contributed by atoms with Gasteiger partial charge in [0.15, 0.2) is 5.82 Å². The molecule has 8 rings (SSSR count). The molecule has 3 aliphatic rings. The predicted octanol–water partition coefficient (Wildman–Crippen LogP) is 8.26. The average molecular weight is 944 g/mol. The minimum atomic E-state index is -4.04. The number of nitrogens with one attached hydrogen (secondary N) is 1. The van der Waals surface area contributed by atoms with E-state index >= 15 is 8.78 Å². The number of carbonyl (C=O) groups excluding carboxylic acids is 3. The summed E-state index contributed by atoms with van der Waals surface area (Å²) in [4.78, 5) is 60.0. The van der Waals surface area contributed by atoms with Gasteiger partial charge in [-0.2, -0.15) is 9.97 Å². The monoisotopic (exact) mass is 943 g/mol. The smallest absolute Gasteiger partial charge is 0.410 e. The maximum Gasteiger partial charge on any atom is 0.410 e. The molecular weight excluding hydrogens is 896 g/mol. The minimum Gasteiger partial charge on any atom is -0.462 e. The van der Waals surface area contributed by atoms with Crippen molar-refractivity contribution in [2.24, 2.45) is 5.41 Å². The van der Waals surface area contributed by atoms with Crippen LogP contribution in [0.5, 0.6) is 6.01 Å². The lowest BCUT2D eigenvalue weighted by Crippen LogP contribution is -2.57. The maximum absolute atomic E-state index is 17.4. The molecule has 0 radical (unpaired) electrons. The summed E-state index contributed by atoms with van der Waals surface area (Å²) in [5, 5.41) is 3.89. The van der Waals surface area contributed by atoms with Crippen molar-refractivity contribution in [2.75, 3.05) is 43.0 Å². The van der Waals surface area contributed by atoms with E-state index in [1.807, 2.05) is 4.90 Å². The average Bonchev–Trinajstić information content (AvgIpc) is 3.80. The summed E-state index contributed by atoms with van der Waals surface area (Å²) < 4.78 is 74.1. The molecule has 3 fully saturated rings. The van der Waals surface area contributed by atoms with E-state index in [0.717, 1.165) is 0 Å². The molecule has 5 heterocycles. The number of terminal acetylenes is 1. The number of rotatable bonds is 8. The number of hydrogen-bond donors (Lipinski definition) is 1. The largest absolute Gasteiger partial charge is 0.462 e. The summed E-state index contributed by atoms with van der Waals surface area (Å²) in [5.74, 6) is 0.553. The molecule has 3 aromatic carbocycles. The fraction of sp³-hybridized carbons (Fsp3) is 0.404. The standard InChI is InChI=1S/C47H48ClF2N7O8S/c1-8-32-35(49)19-12-27-10-9-11-33(36(27)32)38-37(50)39-34(22-51-38)40(56-23-29-15-16-30(24-56)57(29)44(60)65-46(5,6)7)54-42(53-39)63-26-47(20-21-55(25-47)43(59)64-45(2,3)4)41(58)52-28-13-17-31(18-14-28)66(48,61)62/h1,9-14,17-19,22,29-30H,15-16,20-21,23-26H2,2-7H3,(H,52,58). The zero-order valence-corrected chi connectivity index (χ0v) is 38.7. The Bertz CT molecular complexity index is 2930. The third kappa shape index (κ3) is 9.23. The van der Waals surface area contributed by atoms with E-state index in [0.29, 0.717) is 31.3 Å². The molecule has 0 saturated carbocycles. The SMILES string of the molecule is C#Cc1c(F)ccc2cccc(-c3ncc4c(N5CC6CCC(C5)N6C(=O)OC(C)(C)C)nc(OCC5(C(=O)Nc6ccc(S(=O)(=O)Cl)cc6)CCN(C(=O)OC(C)(C)C)C5)nc4c3F)c12. The van der Waals surface area contributed by atoms with Crippen LogP contribution in [0.2, 0.25) is 0 Å². The number of pyridine rings is 1. The van der Waals surface area contributed by atoms with Gasteiger partial charge in [-0.25, -0.2) is 26.8 Å². The Morgan fingerprint density at radius 2 is 1.61 bits per heavy atom. The van der Waals surface area contributed by atoms with Gasteiger partial charge in [0.1, 0.15) is 46.1 Å². The van der Waals surface area contributed by atoms with Crippen molar-refractivity contribution in [3.8, 4) is 29.6 Å². The number of amides is 3. The van der Waals surface area contributed by atoms with Crippen LogP contribution >= 0.6 is 10.7 Å². The summed E-state index contributed by atoms with van der Waals surface area (Å²) in [5.41, 5.74) is -2.93. The van der Waals surface area contributed by atoms with Crippen LogP contribution in [0, 0.1) is 29.4 Å². The maximum atomic E-state index is 17.4. The Hall–Kier alpha value is -6.32. The Kier molecular flexibility index (Phi) is 12.0. The molecule has 3 saturated heterocycles. The second kappa shape index (κ2) is 17.2. The molecular formula is C47H48ClF2N7O8S. The van der Waals surface area contributed by atoms with Gasteiger partial charge in [0.25, 0.3) is 9.05 Å². The van der Waals surface area contributed by atoms with E-state index in [-0.39, 0.29) is 87.1 Å². The van der Waals surface area contributed by atoms with Gasteiger partial charge in [-0.3, -0.25) is 14.7 Å². The van der Waals surface area contributed by atoms with Crippen LogP contribution in [0.4, 0.5) is 29.9 Å². The first-order chi connectivity index (χ1) is 31.0. The summed E-state index contributed by atoms with van der Waals surface area (Å²) >= 11 is 0. The highest BCUT2D eigenvalue weighted by Gasteiger charge is 2.49. The molecule has 346 valence electrons. The molecule has 3 atom stereocenters. The summed E-state index contributed by atoms with van der Waals surface area (Å²) in [6.45, 7) is 10.7. The van der Waals surface area contributed by atoms with Gasteiger partial charge < -0.3 is 29.3 Å². The molecule has 66 heavy (non-hydrogen) atoms. The summed E-state index contributed by atoms with van der Waals surface area (Å²) in [7, 11) is 1.47. The lowest BCUT2D eigenvalue weighted by Gasteiger charge is -2.42. The second-order valence-electron chi connectivity index (χ2n) is 18.8. The molecule has 0 aliphatic carbocycles. The third-order valence-corrected chi connectivity index (χ3v) is 13.2. The number of aromatic nitrogens is 3. The number of carbonyl (C=O) groups is 3. The van der Waals surface area contributed by atoms with Crippen LogP contribution in [0.3, 0.4) is 0 Å². The van der Waals surface area contributed by atoms with E-state index in [1.54, 1.807) is 70.7 Å². The summed E-state index contributed by atoms with van der Waals surface area (Å²) in [6.07, 6.45) is 7.61. The van der Waals surface area contributed by atoms with Crippen molar-refractivity contribution in [3.05, 3.63) is 78.0 Å². The Labute approximate surface area is 385 Å². The lowest BCUT2D eigenvalue weighted by molar-refractivity contribution is -0.126. The van der Waals surface area contributed by atoms with Crippen molar-refractivity contribution in [3.63, 3.8) is 0 Å². The van der Waals surface area contributed by atoms with E-state index in [1.165, 1.54) is 41.4 Å². The molecule has 3 aliphatic heterocycles. The Morgan fingerprint density at radius 3 is 2.24 bits per heavy atom. The molecule has 1 N–H and O–H groups in total. The number of halogens is 3. The van der Waals surface area contributed by atoms with Crippen molar-refractivity contribution < 1.29 is 45.8 Å². The zero-order chi connectivity index (χ0) is 47.5. The molecule has 15 nitrogen and oxygen atoms in total. The fourth-order valence-electron chi connectivity index (χ4n) is 8.79. The number of piperazine rings is 1. The fourth-order valence-corrected chi connectivity index (χ4v) is 9.56. The quantitative estimate of drug-likeness (QED) is 0.117. The van der Waals surface area contributed by atoms with Crippen LogP contribution in [-0.2, 0) is 23.3 Å². The second-order valence-corrected chi connectivity index (χ2v) is 21.4. The van der Waals surface area contributed by atoms with Crippen LogP contribution < -0.4 is 15.0 Å². The first-order valence-electron chi connectivity index (χ1n) is 21.3. The van der Waals surface area contributed by atoms with Crippen LogP contribution in [0.1, 0.15) is 66.4 Å². The number of fused-ring (bicyclic) bond motifs is 4. The van der Waals surface area contributed by atoms with Crippen molar-refractivity contribution in [1.82, 2.24) is 24.8 Å². The molecule has 19 heteroatoms. The first kappa shape index (κ1) is 46.2. The highest BCUT2D eigenvalue weighted by atomic mass is 35.7. The third-order valence-electron chi connectivity index (χ3n) is 11.8. The topological polar surface area (TPSA) is 173 Å². The van der Waals surface area contributed by atoms with Crippen LogP contribution in [0.25, 0.3) is 32.9 Å². The highest BCUT2D eigenvalue weighted by Crippen LogP contribution is 2.41. The van der Waals surface area contributed by atoms with Gasteiger partial charge in [0, 0.05) is 59.7 Å². The normalized spacial score (nSPS) is 19.8. The van der Waals surface area contributed by atoms with Gasteiger partial charge in [-0.05, 0) is 96.5 Å². The zero-order valence-electron chi connectivity index (χ0n) is 37.2. The van der Waals surface area contributed by atoms with Crippen LogP contribution in [0.15, 0.2) is 65.7 Å². The Morgan fingerprint density at radius 1 is 0.939 bits per heavy atom. The van der Waals surface area contributed by atoms with Crippen LogP contribution in [-0.4, -0.2) is 107 Å². The van der Waals surface area contributed by atoms with Gasteiger partial charge >= 0.3 is 18.2 Å². The van der Waals surface area contributed by atoms with Crippen molar-refractivity contribution in [1.29, 1.82) is 0 Å². The van der Waals surface area contributed by atoms with Crippen molar-refractivity contribution >= 4 is 71.0 Å². The number of anilines is 2. The molecule has 0 spiro atoms. The van der Waals surface area contributed by atoms with Crippen molar-refractivity contribution in [2.45, 2.75) is 89.0 Å². The summed E-state index contributed by atoms with van der Waals surface area (Å²) in [6, 6.07) is 12.2. The van der Waals surface area contributed by atoms with Gasteiger partial charge in [0.05, 0.1) is 27.9 Å². The number of nitrogens with zero attached hydrogens (tertiary/aromatic N) is 6. The van der Waals surface area contributed by atoms with Gasteiger partial charge in [-0.1, -0.05) is 30.2 Å². The molecule has 3 amide bonds. The number of hydrogen-bond acceptors (Lipinski definition) is 12.